The van der Waals surface area contributed by atoms with E-state index in [1.54, 1.807) is 7.11 Å². The van der Waals surface area contributed by atoms with Crippen molar-refractivity contribution in [2.75, 3.05) is 20.2 Å². The number of piperidine rings is 1. The average molecular weight is 261 g/mol. The lowest BCUT2D eigenvalue weighted by Crippen LogP contribution is -2.43. The van der Waals surface area contributed by atoms with Crippen molar-refractivity contribution >= 4 is 5.78 Å². The second-order valence-electron chi connectivity index (χ2n) is 5.61. The van der Waals surface area contributed by atoms with Gasteiger partial charge in [-0.05, 0) is 49.9 Å². The third-order valence-electron chi connectivity index (χ3n) is 4.01. The van der Waals surface area contributed by atoms with Gasteiger partial charge >= 0.3 is 0 Å². The molecule has 1 saturated heterocycles. The average Bonchev–Trinajstić information content (AvgIpc) is 2.43. The van der Waals surface area contributed by atoms with E-state index in [1.165, 1.54) is 12.8 Å². The Balaban J connectivity index is 1.99. The molecule has 2 rings (SSSR count). The molecule has 1 heterocycles. The minimum absolute atomic E-state index is 0.198. The molecule has 0 aliphatic carbocycles. The fourth-order valence-electron chi connectivity index (χ4n) is 2.65. The number of nitrogens with zero attached hydrogens (tertiary/aromatic N) is 1. The van der Waals surface area contributed by atoms with Crippen molar-refractivity contribution in [3.8, 4) is 5.75 Å². The first-order valence-electron chi connectivity index (χ1n) is 7.01. The molecule has 0 saturated carbocycles. The van der Waals surface area contributed by atoms with E-state index in [0.29, 0.717) is 18.5 Å². The van der Waals surface area contributed by atoms with E-state index in [2.05, 4.69) is 18.7 Å². The summed E-state index contributed by atoms with van der Waals surface area (Å²) in [5.41, 5.74) is 0.770. The summed E-state index contributed by atoms with van der Waals surface area (Å²) < 4.78 is 5.11. The maximum absolute atomic E-state index is 12.3. The van der Waals surface area contributed by atoms with Crippen LogP contribution in [0.15, 0.2) is 24.3 Å². The summed E-state index contributed by atoms with van der Waals surface area (Å²) >= 11 is 0. The molecule has 0 aromatic heterocycles. The number of benzene rings is 1. The molecule has 1 aromatic rings. The summed E-state index contributed by atoms with van der Waals surface area (Å²) in [6, 6.07) is 7.89. The van der Waals surface area contributed by atoms with Gasteiger partial charge in [0.1, 0.15) is 5.75 Å². The summed E-state index contributed by atoms with van der Waals surface area (Å²) in [4.78, 5) is 14.6. The number of ketones is 1. The van der Waals surface area contributed by atoms with Crippen LogP contribution >= 0.6 is 0 Å². The Morgan fingerprint density at radius 2 is 1.95 bits per heavy atom. The molecule has 1 aliphatic rings. The van der Waals surface area contributed by atoms with Crippen LogP contribution in [-0.4, -0.2) is 36.9 Å². The zero-order valence-corrected chi connectivity index (χ0v) is 12.1. The molecule has 2 atom stereocenters. The largest absolute Gasteiger partial charge is 0.497 e. The van der Waals surface area contributed by atoms with Gasteiger partial charge in [0.25, 0.3) is 0 Å². The van der Waals surface area contributed by atoms with Crippen LogP contribution in [0, 0.1) is 5.92 Å². The van der Waals surface area contributed by atoms with Crippen molar-refractivity contribution < 1.29 is 9.53 Å². The number of hydrogen-bond donors (Lipinski definition) is 0. The third-order valence-corrected chi connectivity index (χ3v) is 4.01. The lowest BCUT2D eigenvalue weighted by molar-refractivity contribution is 0.0805. The number of methoxy groups -OCH3 is 1. The summed E-state index contributed by atoms with van der Waals surface area (Å²) in [7, 11) is 1.63. The Hall–Kier alpha value is -1.35. The van der Waals surface area contributed by atoms with Crippen molar-refractivity contribution in [3.05, 3.63) is 29.8 Å². The van der Waals surface area contributed by atoms with Gasteiger partial charge in [-0.25, -0.2) is 0 Å². The fourth-order valence-corrected chi connectivity index (χ4v) is 2.65. The Morgan fingerprint density at radius 3 is 2.58 bits per heavy atom. The van der Waals surface area contributed by atoms with Gasteiger partial charge in [-0.15, -0.1) is 0 Å². The quantitative estimate of drug-likeness (QED) is 0.780. The molecule has 1 aromatic carbocycles. The minimum Gasteiger partial charge on any atom is -0.497 e. The molecule has 3 nitrogen and oxygen atoms in total. The molecule has 1 fully saturated rings. The lowest BCUT2D eigenvalue weighted by atomic mass is 9.94. The van der Waals surface area contributed by atoms with Crippen molar-refractivity contribution in [1.82, 2.24) is 4.90 Å². The molecule has 0 bridgehead atoms. The van der Waals surface area contributed by atoms with Gasteiger partial charge in [-0.2, -0.15) is 0 Å². The minimum atomic E-state index is 0.198. The van der Waals surface area contributed by atoms with Crippen LogP contribution in [0.1, 0.15) is 37.0 Å². The van der Waals surface area contributed by atoms with Crippen LogP contribution in [0.5, 0.6) is 5.75 Å². The topological polar surface area (TPSA) is 29.5 Å². The highest BCUT2D eigenvalue weighted by Crippen LogP contribution is 2.21. The van der Waals surface area contributed by atoms with Crippen molar-refractivity contribution in [2.45, 2.75) is 32.7 Å². The first-order chi connectivity index (χ1) is 9.10. The summed E-state index contributed by atoms with van der Waals surface area (Å²) in [6.07, 6.45) is 2.46. The number of hydrogen-bond acceptors (Lipinski definition) is 3. The monoisotopic (exact) mass is 261 g/mol. The number of likely N-dealkylation sites (tertiary alicyclic amines) is 1. The molecule has 1 aliphatic heterocycles. The number of rotatable bonds is 4. The molecule has 0 radical (unpaired) electrons. The SMILES string of the molecule is COc1ccc(C(=O)CN2CC(C)CCC2C)cc1. The molecule has 0 spiro atoms. The van der Waals surface area contributed by atoms with Gasteiger partial charge in [0.2, 0.25) is 0 Å². The first-order valence-corrected chi connectivity index (χ1v) is 7.01. The van der Waals surface area contributed by atoms with E-state index >= 15 is 0 Å². The van der Waals surface area contributed by atoms with Crippen molar-refractivity contribution in [2.24, 2.45) is 5.92 Å². The highest BCUT2D eigenvalue weighted by Gasteiger charge is 2.24. The molecule has 0 N–H and O–H groups in total. The van der Waals surface area contributed by atoms with Crippen LogP contribution < -0.4 is 4.74 Å². The Kier molecular flexibility index (Phi) is 4.59. The molecule has 3 heteroatoms. The third kappa shape index (κ3) is 3.57. The van der Waals surface area contributed by atoms with E-state index in [0.717, 1.165) is 17.9 Å². The summed E-state index contributed by atoms with van der Waals surface area (Å²) in [5.74, 6) is 1.68. The summed E-state index contributed by atoms with van der Waals surface area (Å²) in [6.45, 7) is 6.03. The van der Waals surface area contributed by atoms with Crippen molar-refractivity contribution in [3.63, 3.8) is 0 Å². The van der Waals surface area contributed by atoms with Crippen molar-refractivity contribution in [1.29, 1.82) is 0 Å². The molecule has 19 heavy (non-hydrogen) atoms. The fraction of sp³-hybridized carbons (Fsp3) is 0.562. The Labute approximate surface area is 115 Å². The van der Waals surface area contributed by atoms with Crippen LogP contribution in [-0.2, 0) is 0 Å². The zero-order chi connectivity index (χ0) is 13.8. The Morgan fingerprint density at radius 1 is 1.26 bits per heavy atom. The second-order valence-corrected chi connectivity index (χ2v) is 5.61. The highest BCUT2D eigenvalue weighted by molar-refractivity contribution is 5.97. The predicted molar refractivity (Wildman–Crippen MR) is 76.8 cm³/mol. The van der Waals surface area contributed by atoms with Crippen LogP contribution in [0.3, 0.4) is 0 Å². The first kappa shape index (κ1) is 14.1. The maximum Gasteiger partial charge on any atom is 0.176 e. The zero-order valence-electron chi connectivity index (χ0n) is 12.1. The van der Waals surface area contributed by atoms with Crippen LogP contribution in [0.2, 0.25) is 0 Å². The van der Waals surface area contributed by atoms with E-state index in [-0.39, 0.29) is 5.78 Å². The van der Waals surface area contributed by atoms with Gasteiger partial charge in [0.05, 0.1) is 13.7 Å². The van der Waals surface area contributed by atoms with Crippen LogP contribution in [0.4, 0.5) is 0 Å². The standard InChI is InChI=1S/C16H23NO2/c1-12-4-5-13(2)17(10-12)11-16(18)14-6-8-15(19-3)9-7-14/h6-9,12-13H,4-5,10-11H2,1-3H3. The van der Waals surface area contributed by atoms with E-state index in [9.17, 15) is 4.79 Å². The Bertz CT molecular complexity index is 427. The normalized spacial score (nSPS) is 24.2. The molecule has 104 valence electrons. The van der Waals surface area contributed by atoms with Crippen LogP contribution in [0.25, 0.3) is 0 Å². The smallest absolute Gasteiger partial charge is 0.176 e. The molecular formula is C16H23NO2. The van der Waals surface area contributed by atoms with Gasteiger partial charge in [-0.1, -0.05) is 6.92 Å². The van der Waals surface area contributed by atoms with Gasteiger partial charge in [0, 0.05) is 18.2 Å². The number of carbonyl (C=O) groups excluding carboxylic acids is 1. The summed E-state index contributed by atoms with van der Waals surface area (Å²) in [5, 5.41) is 0. The number of carbonyl (C=O) groups is 1. The molecule has 2 unspecified atom stereocenters. The number of Topliss-reactive ketones (excluding diaryl/α,β-unsaturated/α-hetero) is 1. The highest BCUT2D eigenvalue weighted by atomic mass is 16.5. The van der Waals surface area contributed by atoms with Gasteiger partial charge in [0.15, 0.2) is 5.78 Å². The second kappa shape index (κ2) is 6.20. The van der Waals surface area contributed by atoms with E-state index in [1.807, 2.05) is 24.3 Å². The molecule has 0 amide bonds. The maximum atomic E-state index is 12.3. The predicted octanol–water partition coefficient (Wildman–Crippen LogP) is 3.00. The number of ether oxygens (including phenoxy) is 1. The molecular weight excluding hydrogens is 238 g/mol. The van der Waals surface area contributed by atoms with Gasteiger partial charge < -0.3 is 4.74 Å². The van der Waals surface area contributed by atoms with E-state index in [4.69, 9.17) is 4.74 Å². The lowest BCUT2D eigenvalue weighted by Gasteiger charge is -2.36. The van der Waals surface area contributed by atoms with Gasteiger partial charge in [-0.3, -0.25) is 9.69 Å². The van der Waals surface area contributed by atoms with E-state index < -0.39 is 0 Å².